The third-order valence-electron chi connectivity index (χ3n) is 8.76. The van der Waals surface area contributed by atoms with Gasteiger partial charge in [0, 0.05) is 13.1 Å². The summed E-state index contributed by atoms with van der Waals surface area (Å²) in [6, 6.07) is 6.68. The van der Waals surface area contributed by atoms with Crippen LogP contribution >= 0.6 is 0 Å². The van der Waals surface area contributed by atoms with Crippen LogP contribution in [0.1, 0.15) is 59.4 Å². The van der Waals surface area contributed by atoms with E-state index in [1.165, 1.54) is 0 Å². The number of Topliss-reactive ketones (excluding diaryl/α,β-unsaturated/α-hetero) is 1. The van der Waals surface area contributed by atoms with Gasteiger partial charge in [-0.2, -0.15) is 0 Å². The molecule has 2 saturated carbocycles. The Kier molecular flexibility index (Phi) is 8.24. The molecule has 1 aromatic carbocycles. The van der Waals surface area contributed by atoms with Crippen molar-refractivity contribution in [2.45, 2.75) is 78.6 Å². The zero-order chi connectivity index (χ0) is 29.4. The standard InChI is InChI=1S/C31H42N4O5/c1-7-22(36)34-26(30(2,3)4)29(40)35-17-20-23(31(20,5)6)24(35)27(38)33-21(15-18-13-14-18)25(37)28(39)32-16-19-11-9-8-10-12-19/h7-12,18,20-21,23-24,26H,1,13-17H2,2-6H3,(H,32,39)(H,33,38)(H,34,36)/t20-,21?,23?,24-,26?/m0/s1. The number of fused-ring (bicyclic) bond motifs is 1. The van der Waals surface area contributed by atoms with Crippen LogP contribution in [0.15, 0.2) is 43.0 Å². The highest BCUT2D eigenvalue weighted by molar-refractivity contribution is 6.38. The Hall–Kier alpha value is -3.49. The van der Waals surface area contributed by atoms with Crippen molar-refractivity contribution in [1.82, 2.24) is 20.9 Å². The van der Waals surface area contributed by atoms with Crippen molar-refractivity contribution in [2.24, 2.45) is 28.6 Å². The van der Waals surface area contributed by atoms with Gasteiger partial charge in [-0.3, -0.25) is 24.0 Å². The third kappa shape index (κ3) is 6.29. The van der Waals surface area contributed by atoms with E-state index in [4.69, 9.17) is 0 Å². The molecule has 2 aliphatic carbocycles. The van der Waals surface area contributed by atoms with E-state index in [1.807, 2.05) is 51.1 Å². The van der Waals surface area contributed by atoms with E-state index in [0.29, 0.717) is 13.0 Å². The van der Waals surface area contributed by atoms with Crippen LogP contribution in [0.4, 0.5) is 0 Å². The molecule has 0 radical (unpaired) electrons. The van der Waals surface area contributed by atoms with Crippen molar-refractivity contribution in [3.8, 4) is 0 Å². The lowest BCUT2D eigenvalue weighted by Crippen LogP contribution is -2.60. The van der Waals surface area contributed by atoms with Gasteiger partial charge in [0.1, 0.15) is 12.1 Å². The highest BCUT2D eigenvalue weighted by Gasteiger charge is 2.70. The molecule has 4 rings (SSSR count). The molecule has 4 amide bonds. The first-order valence-electron chi connectivity index (χ1n) is 14.2. The van der Waals surface area contributed by atoms with E-state index < -0.39 is 47.0 Å². The first-order valence-corrected chi connectivity index (χ1v) is 14.2. The summed E-state index contributed by atoms with van der Waals surface area (Å²) in [5.74, 6) is -2.30. The summed E-state index contributed by atoms with van der Waals surface area (Å²) in [6.45, 7) is 13.8. The minimum atomic E-state index is -0.965. The molecule has 1 saturated heterocycles. The fraction of sp³-hybridized carbons (Fsp3) is 0.581. The largest absolute Gasteiger partial charge is 0.345 e. The Morgan fingerprint density at radius 1 is 1.07 bits per heavy atom. The van der Waals surface area contributed by atoms with Crippen molar-refractivity contribution in [2.75, 3.05) is 6.54 Å². The Labute approximate surface area is 236 Å². The molecular weight excluding hydrogens is 508 g/mol. The van der Waals surface area contributed by atoms with Crippen molar-refractivity contribution >= 4 is 29.4 Å². The van der Waals surface area contributed by atoms with Crippen LogP contribution in [0.25, 0.3) is 0 Å². The van der Waals surface area contributed by atoms with Gasteiger partial charge in [-0.25, -0.2) is 0 Å². The molecule has 1 aliphatic heterocycles. The van der Waals surface area contributed by atoms with Crippen LogP contribution in [-0.2, 0) is 30.5 Å². The Balaban J connectivity index is 1.51. The monoisotopic (exact) mass is 550 g/mol. The lowest BCUT2D eigenvalue weighted by molar-refractivity contribution is -0.146. The van der Waals surface area contributed by atoms with Crippen molar-refractivity contribution in [1.29, 1.82) is 0 Å². The summed E-state index contributed by atoms with van der Waals surface area (Å²) < 4.78 is 0. The maximum absolute atomic E-state index is 13.9. The van der Waals surface area contributed by atoms with Gasteiger partial charge in [0.25, 0.3) is 5.91 Å². The number of carbonyl (C=O) groups excluding carboxylic acids is 5. The SMILES string of the molecule is C=CC(=O)NC(C(=O)N1C[C@H]2C([C@H]1C(=O)NC(CC1CC1)C(=O)C(=O)NCc1ccccc1)C2(C)C)C(C)(C)C. The molecular formula is C31H42N4O5. The maximum Gasteiger partial charge on any atom is 0.289 e. The minimum Gasteiger partial charge on any atom is -0.345 e. The first-order chi connectivity index (χ1) is 18.8. The zero-order valence-corrected chi connectivity index (χ0v) is 24.2. The van der Waals surface area contributed by atoms with E-state index in [9.17, 15) is 24.0 Å². The first kappa shape index (κ1) is 29.5. The van der Waals surface area contributed by atoms with Crippen molar-refractivity contribution in [3.63, 3.8) is 0 Å². The summed E-state index contributed by atoms with van der Waals surface area (Å²) in [5, 5.41) is 8.29. The molecule has 5 atom stereocenters. The summed E-state index contributed by atoms with van der Waals surface area (Å²) in [5.41, 5.74) is 0.120. The quantitative estimate of drug-likeness (QED) is 0.288. The normalized spacial score (nSPS) is 24.2. The number of benzene rings is 1. The molecule has 3 aliphatic rings. The van der Waals surface area contributed by atoms with E-state index in [2.05, 4.69) is 36.4 Å². The number of rotatable bonds is 11. The van der Waals surface area contributed by atoms with Gasteiger partial charge in [0.2, 0.25) is 23.5 Å². The van der Waals surface area contributed by atoms with Crippen LogP contribution < -0.4 is 16.0 Å². The van der Waals surface area contributed by atoms with Crippen LogP contribution in [0, 0.1) is 28.6 Å². The maximum atomic E-state index is 13.9. The second kappa shape index (κ2) is 11.2. The molecule has 0 aromatic heterocycles. The molecule has 1 aromatic rings. The van der Waals surface area contributed by atoms with Crippen LogP contribution in [-0.4, -0.2) is 59.0 Å². The lowest BCUT2D eigenvalue weighted by Gasteiger charge is -2.37. The Morgan fingerprint density at radius 3 is 2.30 bits per heavy atom. The molecule has 3 unspecified atom stereocenters. The van der Waals surface area contributed by atoms with Gasteiger partial charge in [-0.05, 0) is 46.6 Å². The second-order valence-corrected chi connectivity index (χ2v) is 13.2. The number of amides is 4. The summed E-state index contributed by atoms with van der Waals surface area (Å²) in [6.07, 6.45) is 3.42. The average Bonchev–Trinajstić information content (AvgIpc) is 3.76. The topological polar surface area (TPSA) is 125 Å². The predicted octanol–water partition coefficient (Wildman–Crippen LogP) is 2.36. The van der Waals surface area contributed by atoms with Crippen LogP contribution in [0.5, 0.6) is 0 Å². The average molecular weight is 551 g/mol. The van der Waals surface area contributed by atoms with Gasteiger partial charge < -0.3 is 20.9 Å². The van der Waals surface area contributed by atoms with E-state index in [1.54, 1.807) is 4.90 Å². The van der Waals surface area contributed by atoms with Crippen LogP contribution in [0.2, 0.25) is 0 Å². The van der Waals surface area contributed by atoms with Gasteiger partial charge >= 0.3 is 0 Å². The fourth-order valence-electron chi connectivity index (χ4n) is 6.03. The number of likely N-dealkylation sites (tertiary alicyclic amines) is 1. The highest BCUT2D eigenvalue weighted by Crippen LogP contribution is 2.65. The smallest absolute Gasteiger partial charge is 0.289 e. The lowest BCUT2D eigenvalue weighted by atomic mass is 9.85. The summed E-state index contributed by atoms with van der Waals surface area (Å²) in [4.78, 5) is 67.5. The van der Waals surface area contributed by atoms with E-state index >= 15 is 0 Å². The van der Waals surface area contributed by atoms with Gasteiger partial charge in [0.15, 0.2) is 0 Å². The van der Waals surface area contributed by atoms with Gasteiger partial charge in [-0.1, -0.05) is 84.4 Å². The number of hydrogen-bond donors (Lipinski definition) is 3. The Bertz CT molecular complexity index is 1180. The second-order valence-electron chi connectivity index (χ2n) is 13.2. The number of nitrogens with zero attached hydrogens (tertiary/aromatic N) is 1. The van der Waals surface area contributed by atoms with Gasteiger partial charge in [0.05, 0.1) is 6.04 Å². The number of carbonyl (C=O) groups is 5. The third-order valence-corrected chi connectivity index (χ3v) is 8.76. The summed E-state index contributed by atoms with van der Waals surface area (Å²) in [7, 11) is 0. The molecule has 0 spiro atoms. The molecule has 40 heavy (non-hydrogen) atoms. The van der Waals surface area contributed by atoms with E-state index in [0.717, 1.165) is 24.5 Å². The molecule has 9 nitrogen and oxygen atoms in total. The van der Waals surface area contributed by atoms with Crippen molar-refractivity contribution in [3.05, 3.63) is 48.6 Å². The van der Waals surface area contributed by atoms with Crippen molar-refractivity contribution < 1.29 is 24.0 Å². The van der Waals surface area contributed by atoms with Crippen LogP contribution in [0.3, 0.4) is 0 Å². The molecule has 9 heteroatoms. The predicted molar refractivity (Wildman–Crippen MR) is 150 cm³/mol. The zero-order valence-electron chi connectivity index (χ0n) is 24.2. The fourth-order valence-corrected chi connectivity index (χ4v) is 6.03. The van der Waals surface area contributed by atoms with E-state index in [-0.39, 0.29) is 35.6 Å². The molecule has 216 valence electrons. The number of nitrogens with one attached hydrogen (secondary N) is 3. The number of hydrogen-bond acceptors (Lipinski definition) is 5. The molecule has 0 bridgehead atoms. The highest BCUT2D eigenvalue weighted by atomic mass is 16.2. The number of piperidine rings is 1. The molecule has 3 fully saturated rings. The Morgan fingerprint density at radius 2 is 1.73 bits per heavy atom. The number of ketones is 1. The molecule has 3 N–H and O–H groups in total. The summed E-state index contributed by atoms with van der Waals surface area (Å²) >= 11 is 0. The molecule has 1 heterocycles. The minimum absolute atomic E-state index is 0.0734. The van der Waals surface area contributed by atoms with Gasteiger partial charge in [-0.15, -0.1) is 0 Å².